The molecule has 0 bridgehead atoms. The highest BCUT2D eigenvalue weighted by molar-refractivity contribution is 5.59. The lowest BCUT2D eigenvalue weighted by Crippen LogP contribution is -2.00. The summed E-state index contributed by atoms with van der Waals surface area (Å²) in [5.74, 6) is 0.171. The molecule has 4 nitrogen and oxygen atoms in total. The van der Waals surface area contributed by atoms with Gasteiger partial charge in [0.25, 0.3) is 0 Å². The van der Waals surface area contributed by atoms with Gasteiger partial charge in [-0.15, -0.1) is 0 Å². The third-order valence-electron chi connectivity index (χ3n) is 2.54. The summed E-state index contributed by atoms with van der Waals surface area (Å²) in [7, 11) is 0. The number of aryl methyl sites for hydroxylation is 1. The van der Waals surface area contributed by atoms with Crippen molar-refractivity contribution >= 4 is 0 Å². The quantitative estimate of drug-likeness (QED) is 0.885. The number of hydrogen-bond acceptors (Lipinski definition) is 4. The van der Waals surface area contributed by atoms with Crippen molar-refractivity contribution < 1.29 is 5.11 Å². The first-order valence-electron chi connectivity index (χ1n) is 5.78. The van der Waals surface area contributed by atoms with E-state index < -0.39 is 0 Å². The van der Waals surface area contributed by atoms with Crippen LogP contribution in [0.2, 0.25) is 0 Å². The third-order valence-corrected chi connectivity index (χ3v) is 2.54. The van der Waals surface area contributed by atoms with Gasteiger partial charge in [0.15, 0.2) is 0 Å². The lowest BCUT2D eigenvalue weighted by atomic mass is 10.1. The fourth-order valence-corrected chi connectivity index (χ4v) is 1.69. The lowest BCUT2D eigenvalue weighted by Gasteiger charge is -2.04. The molecule has 4 heteroatoms. The average Bonchev–Trinajstić information content (AvgIpc) is 2.45. The van der Waals surface area contributed by atoms with Crippen molar-refractivity contribution in [2.75, 3.05) is 6.61 Å². The van der Waals surface area contributed by atoms with E-state index in [4.69, 9.17) is 10.4 Å². The van der Waals surface area contributed by atoms with Crippen molar-refractivity contribution in [2.45, 2.75) is 12.8 Å². The number of benzene rings is 1. The lowest BCUT2D eigenvalue weighted by molar-refractivity contribution is 0.288. The second-order valence-corrected chi connectivity index (χ2v) is 3.87. The molecule has 1 N–H and O–H groups in total. The smallest absolute Gasteiger partial charge is 0.232 e. The molecule has 18 heavy (non-hydrogen) atoms. The van der Waals surface area contributed by atoms with Crippen LogP contribution in [-0.2, 0) is 6.42 Å². The van der Waals surface area contributed by atoms with Crippen LogP contribution < -0.4 is 0 Å². The van der Waals surface area contributed by atoms with Gasteiger partial charge in [0.05, 0.1) is 5.69 Å². The van der Waals surface area contributed by atoms with Crippen LogP contribution in [0.4, 0.5) is 0 Å². The Labute approximate surface area is 106 Å². The molecular formula is C14H13N3O. The summed E-state index contributed by atoms with van der Waals surface area (Å²) in [5.41, 5.74) is 2.49. The van der Waals surface area contributed by atoms with E-state index in [-0.39, 0.29) is 12.4 Å². The summed E-state index contributed by atoms with van der Waals surface area (Å²) in [6.07, 6.45) is 1.28. The number of rotatable bonds is 4. The largest absolute Gasteiger partial charge is 0.396 e. The van der Waals surface area contributed by atoms with E-state index in [0.29, 0.717) is 12.8 Å². The van der Waals surface area contributed by atoms with Crippen molar-refractivity contribution in [1.29, 1.82) is 5.26 Å². The van der Waals surface area contributed by atoms with E-state index in [1.54, 1.807) is 0 Å². The number of aliphatic hydroxyl groups is 1. The molecule has 2 aromatic rings. The fraction of sp³-hybridized carbons (Fsp3) is 0.214. The molecule has 0 radical (unpaired) electrons. The number of aromatic nitrogens is 2. The van der Waals surface area contributed by atoms with Gasteiger partial charge in [-0.2, -0.15) is 5.26 Å². The highest BCUT2D eigenvalue weighted by Gasteiger charge is 2.05. The standard InChI is InChI=1S/C14H13N3O/c15-10-14-16-12(7-4-8-18)9-13(17-14)11-5-2-1-3-6-11/h1-3,5-6,9,18H,4,7-8H2. The second kappa shape index (κ2) is 5.89. The summed E-state index contributed by atoms with van der Waals surface area (Å²) >= 11 is 0. The Balaban J connectivity index is 2.39. The minimum atomic E-state index is 0.118. The van der Waals surface area contributed by atoms with Crippen molar-refractivity contribution in [2.24, 2.45) is 0 Å². The first kappa shape index (κ1) is 12.2. The van der Waals surface area contributed by atoms with Crippen LogP contribution in [-0.4, -0.2) is 21.7 Å². The molecule has 1 heterocycles. The van der Waals surface area contributed by atoms with Gasteiger partial charge < -0.3 is 5.11 Å². The van der Waals surface area contributed by atoms with Crippen LogP contribution >= 0.6 is 0 Å². The molecule has 0 saturated carbocycles. The molecule has 0 saturated heterocycles. The van der Waals surface area contributed by atoms with Crippen LogP contribution in [0, 0.1) is 11.3 Å². The topological polar surface area (TPSA) is 69.8 Å². The Morgan fingerprint density at radius 2 is 1.94 bits per heavy atom. The average molecular weight is 239 g/mol. The van der Waals surface area contributed by atoms with Crippen LogP contribution in [0.1, 0.15) is 17.9 Å². The molecule has 0 aliphatic carbocycles. The molecular weight excluding hydrogens is 226 g/mol. The summed E-state index contributed by atoms with van der Waals surface area (Å²) in [6.45, 7) is 0.118. The Morgan fingerprint density at radius 1 is 1.17 bits per heavy atom. The Bertz CT molecular complexity index is 561. The predicted octanol–water partition coefficient (Wildman–Crippen LogP) is 1.94. The second-order valence-electron chi connectivity index (χ2n) is 3.87. The van der Waals surface area contributed by atoms with E-state index in [9.17, 15) is 0 Å². The van der Waals surface area contributed by atoms with Gasteiger partial charge in [0.1, 0.15) is 6.07 Å². The van der Waals surface area contributed by atoms with E-state index in [1.165, 1.54) is 0 Å². The molecule has 0 amide bonds. The molecule has 0 spiro atoms. The molecule has 1 aromatic heterocycles. The highest BCUT2D eigenvalue weighted by Crippen LogP contribution is 2.17. The van der Waals surface area contributed by atoms with Crippen LogP contribution in [0.5, 0.6) is 0 Å². The van der Waals surface area contributed by atoms with Gasteiger partial charge in [-0.05, 0) is 18.9 Å². The number of hydrogen-bond donors (Lipinski definition) is 1. The maximum atomic E-state index is 8.93. The number of aliphatic hydroxyl groups excluding tert-OH is 1. The van der Waals surface area contributed by atoms with Crippen LogP contribution in [0.15, 0.2) is 36.4 Å². The zero-order valence-corrected chi connectivity index (χ0v) is 9.87. The summed E-state index contributed by atoms with van der Waals surface area (Å²) in [6, 6.07) is 13.5. The highest BCUT2D eigenvalue weighted by atomic mass is 16.2. The first-order chi connectivity index (χ1) is 8.83. The number of nitriles is 1. The molecule has 0 aliphatic rings. The Hall–Kier alpha value is -2.25. The summed E-state index contributed by atoms with van der Waals surface area (Å²) < 4.78 is 0. The summed E-state index contributed by atoms with van der Waals surface area (Å²) in [5, 5.41) is 17.8. The van der Waals surface area contributed by atoms with Crippen LogP contribution in [0.25, 0.3) is 11.3 Å². The molecule has 0 atom stereocenters. The first-order valence-corrected chi connectivity index (χ1v) is 5.78. The SMILES string of the molecule is N#Cc1nc(CCCO)cc(-c2ccccc2)n1. The van der Waals surface area contributed by atoms with E-state index in [2.05, 4.69) is 9.97 Å². The van der Waals surface area contributed by atoms with Gasteiger partial charge in [-0.1, -0.05) is 30.3 Å². The van der Waals surface area contributed by atoms with Gasteiger partial charge in [0, 0.05) is 17.9 Å². The molecule has 0 aliphatic heterocycles. The van der Waals surface area contributed by atoms with Crippen molar-refractivity contribution in [1.82, 2.24) is 9.97 Å². The third kappa shape index (κ3) is 2.90. The van der Waals surface area contributed by atoms with E-state index >= 15 is 0 Å². The van der Waals surface area contributed by atoms with Gasteiger partial charge in [0.2, 0.25) is 5.82 Å². The number of nitrogens with zero attached hydrogens (tertiary/aromatic N) is 3. The van der Waals surface area contributed by atoms with Gasteiger partial charge in [-0.3, -0.25) is 0 Å². The van der Waals surface area contributed by atoms with E-state index in [0.717, 1.165) is 17.0 Å². The molecule has 0 unspecified atom stereocenters. The zero-order chi connectivity index (χ0) is 12.8. The van der Waals surface area contributed by atoms with Gasteiger partial charge in [-0.25, -0.2) is 9.97 Å². The van der Waals surface area contributed by atoms with Gasteiger partial charge >= 0.3 is 0 Å². The predicted molar refractivity (Wildman–Crippen MR) is 67.6 cm³/mol. The molecule has 2 rings (SSSR count). The zero-order valence-electron chi connectivity index (χ0n) is 9.87. The molecule has 0 fully saturated rings. The van der Waals surface area contributed by atoms with Crippen molar-refractivity contribution in [3.8, 4) is 17.3 Å². The Morgan fingerprint density at radius 3 is 2.61 bits per heavy atom. The fourth-order valence-electron chi connectivity index (χ4n) is 1.69. The maximum Gasteiger partial charge on any atom is 0.232 e. The molecule has 90 valence electrons. The van der Waals surface area contributed by atoms with Crippen molar-refractivity contribution in [3.05, 3.63) is 47.9 Å². The summed E-state index contributed by atoms with van der Waals surface area (Å²) in [4.78, 5) is 8.33. The molecule has 1 aromatic carbocycles. The van der Waals surface area contributed by atoms with Crippen molar-refractivity contribution in [3.63, 3.8) is 0 Å². The minimum Gasteiger partial charge on any atom is -0.396 e. The van der Waals surface area contributed by atoms with Crippen LogP contribution in [0.3, 0.4) is 0 Å². The monoisotopic (exact) mass is 239 g/mol. The maximum absolute atomic E-state index is 8.93. The van der Waals surface area contributed by atoms with E-state index in [1.807, 2.05) is 42.5 Å². The minimum absolute atomic E-state index is 0.118. The normalized spacial score (nSPS) is 10.0. The Kier molecular flexibility index (Phi) is 4.00.